The Morgan fingerprint density at radius 1 is 0.762 bits per heavy atom. The first kappa shape index (κ1) is 19.9. The molecule has 0 aliphatic heterocycles. The van der Waals surface area contributed by atoms with Crippen LogP contribution in [0.2, 0.25) is 0 Å². The topological polar surface area (TPSA) is 93.1 Å². The van der Waals surface area contributed by atoms with Crippen molar-refractivity contribution in [2.24, 2.45) is 16.2 Å². The third-order valence-corrected chi connectivity index (χ3v) is 2.91. The second-order valence-electron chi connectivity index (χ2n) is 7.47. The Morgan fingerprint density at radius 2 is 1.05 bits per heavy atom. The van der Waals surface area contributed by atoms with Crippen LogP contribution < -0.4 is 0 Å². The lowest BCUT2D eigenvalue weighted by molar-refractivity contribution is -0.168. The van der Waals surface area contributed by atoms with E-state index in [9.17, 15) is 19.8 Å². The molecule has 0 saturated heterocycles. The van der Waals surface area contributed by atoms with Crippen LogP contribution in [0.4, 0.5) is 0 Å². The maximum Gasteiger partial charge on any atom is 0.311 e. The zero-order chi connectivity index (χ0) is 16.9. The van der Waals surface area contributed by atoms with Crippen molar-refractivity contribution in [2.45, 2.75) is 41.5 Å². The maximum absolute atomic E-state index is 11.7. The predicted octanol–water partition coefficient (Wildman–Crippen LogP) is 1.14. The molecule has 0 unspecified atom stereocenters. The number of carbonyl (C=O) groups is 2. The fourth-order valence-corrected chi connectivity index (χ4v) is 1.14. The molecule has 2 N–H and O–H groups in total. The molecule has 0 fully saturated rings. The number of carbonyl (C=O) groups excluding carboxylic acids is 2. The number of esters is 2. The van der Waals surface area contributed by atoms with Gasteiger partial charge in [-0.25, -0.2) is 0 Å². The lowest BCUT2D eigenvalue weighted by atomic mass is 9.91. The van der Waals surface area contributed by atoms with E-state index in [1.54, 1.807) is 41.5 Å². The highest BCUT2D eigenvalue weighted by molar-refractivity contribution is 5.76. The highest BCUT2D eigenvalue weighted by atomic mass is 16.6. The predicted molar refractivity (Wildman–Crippen MR) is 77.4 cm³/mol. The van der Waals surface area contributed by atoms with Crippen molar-refractivity contribution >= 4 is 11.9 Å². The minimum Gasteiger partial charge on any atom is -0.464 e. The first-order valence-electron chi connectivity index (χ1n) is 6.94. The second-order valence-corrected chi connectivity index (χ2v) is 7.47. The Hall–Kier alpha value is -1.14. The minimum atomic E-state index is -1.19. The van der Waals surface area contributed by atoms with Crippen LogP contribution in [0, 0.1) is 16.2 Å². The molecule has 0 radical (unpaired) electrons. The summed E-state index contributed by atoms with van der Waals surface area (Å²) in [5, 5.41) is 18.9. The van der Waals surface area contributed by atoms with E-state index in [1.165, 1.54) is 0 Å². The van der Waals surface area contributed by atoms with E-state index in [2.05, 4.69) is 0 Å². The summed E-state index contributed by atoms with van der Waals surface area (Å²) in [4.78, 5) is 23.5. The summed E-state index contributed by atoms with van der Waals surface area (Å²) in [7, 11) is 0. The van der Waals surface area contributed by atoms with Crippen LogP contribution in [0.25, 0.3) is 0 Å². The van der Waals surface area contributed by atoms with Gasteiger partial charge in [0.05, 0.1) is 29.5 Å². The van der Waals surface area contributed by atoms with Gasteiger partial charge in [0.1, 0.15) is 13.2 Å². The molecule has 0 amide bonds. The van der Waals surface area contributed by atoms with E-state index in [0.29, 0.717) is 0 Å². The summed E-state index contributed by atoms with van der Waals surface area (Å²) in [5.41, 5.74) is -2.56. The van der Waals surface area contributed by atoms with Crippen molar-refractivity contribution in [1.29, 1.82) is 0 Å². The standard InChI is InChI=1S/C15H28O6/c1-13(2,3)11(18)20-9-15(7-16,8-17)10-21-12(19)14(4,5)6/h16-17H,7-10H2,1-6H3. The quantitative estimate of drug-likeness (QED) is 0.715. The molecule has 0 aromatic heterocycles. The van der Waals surface area contributed by atoms with Gasteiger partial charge in [-0.05, 0) is 41.5 Å². The number of hydrogen-bond acceptors (Lipinski definition) is 6. The molecule has 0 aliphatic rings. The molecular weight excluding hydrogens is 276 g/mol. The molecule has 0 atom stereocenters. The molecule has 0 saturated carbocycles. The van der Waals surface area contributed by atoms with Crippen LogP contribution in [0.3, 0.4) is 0 Å². The van der Waals surface area contributed by atoms with Gasteiger partial charge in [-0.2, -0.15) is 0 Å². The fourth-order valence-electron chi connectivity index (χ4n) is 1.14. The van der Waals surface area contributed by atoms with Gasteiger partial charge in [-0.15, -0.1) is 0 Å². The normalized spacial score (nSPS) is 13.0. The van der Waals surface area contributed by atoms with Crippen molar-refractivity contribution in [3.05, 3.63) is 0 Å². The van der Waals surface area contributed by atoms with E-state index in [1.807, 2.05) is 0 Å². The van der Waals surface area contributed by atoms with Crippen LogP contribution in [-0.2, 0) is 19.1 Å². The van der Waals surface area contributed by atoms with E-state index >= 15 is 0 Å². The molecule has 0 aromatic rings. The summed E-state index contributed by atoms with van der Waals surface area (Å²) < 4.78 is 10.2. The highest BCUT2D eigenvalue weighted by Gasteiger charge is 2.36. The van der Waals surface area contributed by atoms with Gasteiger partial charge in [0.25, 0.3) is 0 Å². The third kappa shape index (κ3) is 6.44. The summed E-state index contributed by atoms with van der Waals surface area (Å²) in [6.07, 6.45) is 0. The number of rotatable bonds is 6. The van der Waals surface area contributed by atoms with Crippen molar-refractivity contribution in [3.63, 3.8) is 0 Å². The molecule has 6 nitrogen and oxygen atoms in total. The highest BCUT2D eigenvalue weighted by Crippen LogP contribution is 2.23. The lowest BCUT2D eigenvalue weighted by Gasteiger charge is -2.31. The van der Waals surface area contributed by atoms with E-state index in [-0.39, 0.29) is 13.2 Å². The van der Waals surface area contributed by atoms with Crippen molar-refractivity contribution in [3.8, 4) is 0 Å². The Balaban J connectivity index is 4.71. The number of ether oxygens (including phenoxy) is 2. The monoisotopic (exact) mass is 304 g/mol. The summed E-state index contributed by atoms with van der Waals surface area (Å²) >= 11 is 0. The average molecular weight is 304 g/mol. The molecule has 0 heterocycles. The molecular formula is C15H28O6. The van der Waals surface area contributed by atoms with Gasteiger partial charge >= 0.3 is 11.9 Å². The van der Waals surface area contributed by atoms with Crippen molar-refractivity contribution in [2.75, 3.05) is 26.4 Å². The molecule has 0 rings (SSSR count). The van der Waals surface area contributed by atoms with Crippen LogP contribution in [0.1, 0.15) is 41.5 Å². The molecule has 21 heavy (non-hydrogen) atoms. The smallest absolute Gasteiger partial charge is 0.311 e. The van der Waals surface area contributed by atoms with Gasteiger partial charge < -0.3 is 19.7 Å². The fraction of sp³-hybridized carbons (Fsp3) is 0.867. The lowest BCUT2D eigenvalue weighted by Crippen LogP contribution is -2.43. The van der Waals surface area contributed by atoms with E-state index in [0.717, 1.165) is 0 Å². The minimum absolute atomic E-state index is 0.215. The Morgan fingerprint density at radius 3 is 1.24 bits per heavy atom. The number of aliphatic hydroxyl groups excluding tert-OH is 2. The molecule has 6 heteroatoms. The van der Waals surface area contributed by atoms with E-state index < -0.39 is 41.4 Å². The molecule has 0 spiro atoms. The molecule has 0 bridgehead atoms. The number of aliphatic hydroxyl groups is 2. The van der Waals surface area contributed by atoms with Crippen molar-refractivity contribution in [1.82, 2.24) is 0 Å². The van der Waals surface area contributed by atoms with Gasteiger partial charge in [0.2, 0.25) is 0 Å². The zero-order valence-corrected chi connectivity index (χ0v) is 13.9. The Kier molecular flexibility index (Phi) is 6.83. The van der Waals surface area contributed by atoms with Gasteiger partial charge in [0.15, 0.2) is 0 Å². The van der Waals surface area contributed by atoms with Crippen LogP contribution in [0.5, 0.6) is 0 Å². The third-order valence-electron chi connectivity index (χ3n) is 2.91. The Labute approximate surface area is 126 Å². The molecule has 0 aliphatic carbocycles. The summed E-state index contributed by atoms with van der Waals surface area (Å²) in [6.45, 7) is 8.87. The van der Waals surface area contributed by atoms with Crippen LogP contribution in [0.15, 0.2) is 0 Å². The van der Waals surface area contributed by atoms with Gasteiger partial charge in [0, 0.05) is 0 Å². The second kappa shape index (κ2) is 7.22. The SMILES string of the molecule is CC(C)(C)C(=O)OCC(CO)(CO)COC(=O)C(C)(C)C. The van der Waals surface area contributed by atoms with Crippen molar-refractivity contribution < 1.29 is 29.3 Å². The first-order chi connectivity index (χ1) is 9.38. The van der Waals surface area contributed by atoms with Crippen LogP contribution >= 0.6 is 0 Å². The Bertz CT molecular complexity index is 325. The van der Waals surface area contributed by atoms with Crippen LogP contribution in [-0.4, -0.2) is 48.6 Å². The van der Waals surface area contributed by atoms with Gasteiger partial charge in [-0.3, -0.25) is 9.59 Å². The largest absolute Gasteiger partial charge is 0.464 e. The first-order valence-corrected chi connectivity index (χ1v) is 6.94. The number of hydrogen-bond donors (Lipinski definition) is 2. The molecule has 0 aromatic carbocycles. The summed E-state index contributed by atoms with van der Waals surface area (Å²) in [6, 6.07) is 0. The zero-order valence-electron chi connectivity index (χ0n) is 13.9. The summed E-state index contributed by atoms with van der Waals surface area (Å²) in [5.74, 6) is -0.896. The maximum atomic E-state index is 11.7. The van der Waals surface area contributed by atoms with Gasteiger partial charge in [-0.1, -0.05) is 0 Å². The average Bonchev–Trinajstić information content (AvgIpc) is 2.36. The molecule has 124 valence electrons. The van der Waals surface area contributed by atoms with E-state index in [4.69, 9.17) is 9.47 Å².